The third-order valence-corrected chi connectivity index (χ3v) is 2.15. The van der Waals surface area contributed by atoms with Crippen LogP contribution in [0, 0.1) is 0 Å². The van der Waals surface area contributed by atoms with Crippen molar-refractivity contribution in [1.29, 1.82) is 0 Å². The lowest BCUT2D eigenvalue weighted by Gasteiger charge is -2.14. The minimum atomic E-state index is -0.572. The van der Waals surface area contributed by atoms with Gasteiger partial charge in [0.2, 0.25) is 0 Å². The first-order valence-electron chi connectivity index (χ1n) is 5.24. The molecule has 0 rings (SSSR count). The zero-order chi connectivity index (χ0) is 13.4. The van der Waals surface area contributed by atoms with Gasteiger partial charge >= 0.3 is 5.97 Å². The fraction of sp³-hybridized carbons (Fsp3) is 0.500. The van der Waals surface area contributed by atoms with Crippen molar-refractivity contribution < 1.29 is 19.1 Å². The van der Waals surface area contributed by atoms with Gasteiger partial charge in [0, 0.05) is 19.8 Å². The highest BCUT2D eigenvalue weighted by molar-refractivity contribution is 5.97. The smallest absolute Gasteiger partial charge is 0.342 e. The van der Waals surface area contributed by atoms with E-state index < -0.39 is 5.97 Å². The summed E-state index contributed by atoms with van der Waals surface area (Å²) in [5.41, 5.74) is 0.931. The molecule has 0 heterocycles. The molecule has 0 radical (unpaired) electrons. The number of esters is 1. The van der Waals surface area contributed by atoms with E-state index in [1.165, 1.54) is 7.11 Å². The van der Waals surface area contributed by atoms with Crippen LogP contribution in [0.3, 0.4) is 0 Å². The lowest BCUT2D eigenvalue weighted by atomic mass is 10.2. The highest BCUT2D eigenvalue weighted by atomic mass is 16.5. The molecule has 0 amide bonds. The maximum Gasteiger partial charge on any atom is 0.342 e. The molecule has 0 bridgehead atoms. The van der Waals surface area contributed by atoms with E-state index in [2.05, 4.69) is 0 Å². The van der Waals surface area contributed by atoms with Gasteiger partial charge < -0.3 is 14.4 Å². The zero-order valence-corrected chi connectivity index (χ0v) is 10.9. The van der Waals surface area contributed by atoms with Crippen molar-refractivity contribution in [3.05, 3.63) is 23.1 Å². The molecule has 96 valence electrons. The van der Waals surface area contributed by atoms with Gasteiger partial charge in [-0.3, -0.25) is 4.79 Å². The average molecular weight is 241 g/mol. The maximum absolute atomic E-state index is 11.7. The molecule has 0 saturated heterocycles. The quantitative estimate of drug-likeness (QED) is 0.229. The summed E-state index contributed by atoms with van der Waals surface area (Å²) in [5, 5.41) is 0. The molecule has 0 aromatic rings. The van der Waals surface area contributed by atoms with Gasteiger partial charge in [0.05, 0.1) is 13.7 Å². The number of carbonyl (C=O) groups excluding carboxylic acids is 2. The second-order valence-electron chi connectivity index (χ2n) is 3.50. The van der Waals surface area contributed by atoms with Crippen LogP contribution < -0.4 is 0 Å². The highest BCUT2D eigenvalue weighted by Crippen LogP contribution is 2.11. The summed E-state index contributed by atoms with van der Waals surface area (Å²) in [6.45, 7) is 3.76. The normalized spacial score (nSPS) is 12.6. The molecule has 0 unspecified atom stereocenters. The zero-order valence-electron chi connectivity index (χ0n) is 10.9. The molecule has 0 aromatic carbocycles. The minimum absolute atomic E-state index is 0.0374. The maximum atomic E-state index is 11.7. The lowest BCUT2D eigenvalue weighted by Crippen LogP contribution is -2.14. The summed E-state index contributed by atoms with van der Waals surface area (Å²) in [6.07, 6.45) is 2.05. The average Bonchev–Trinajstić information content (AvgIpc) is 2.29. The van der Waals surface area contributed by atoms with Crippen molar-refractivity contribution in [2.45, 2.75) is 13.8 Å². The Balaban J connectivity index is 5.41. The second kappa shape index (κ2) is 7.49. The number of hydrogen-bond acceptors (Lipinski definition) is 5. The van der Waals surface area contributed by atoms with Crippen LogP contribution >= 0.6 is 0 Å². The number of methoxy groups -OCH3 is 1. The van der Waals surface area contributed by atoms with Crippen LogP contribution in [0.5, 0.6) is 0 Å². The predicted octanol–water partition coefficient (Wildman–Crippen LogP) is 1.11. The van der Waals surface area contributed by atoms with Gasteiger partial charge in [-0.2, -0.15) is 0 Å². The van der Waals surface area contributed by atoms with Crippen LogP contribution in [0.15, 0.2) is 23.1 Å². The standard InChI is InChI=1S/C12H19NO4/c1-6-17-12(15)10(11(8-14)16-5)7-9(2)13(3)4/h7-8H,6H2,1-5H3/b9-7-,11-10-. The van der Waals surface area contributed by atoms with Crippen LogP contribution in [0.2, 0.25) is 0 Å². The molecule has 0 aromatic heterocycles. The van der Waals surface area contributed by atoms with E-state index in [0.717, 1.165) is 5.70 Å². The Kier molecular flexibility index (Phi) is 6.70. The Morgan fingerprint density at radius 3 is 2.29 bits per heavy atom. The topological polar surface area (TPSA) is 55.8 Å². The molecule has 0 spiro atoms. The number of carbonyl (C=O) groups is 2. The van der Waals surface area contributed by atoms with Gasteiger partial charge in [0.1, 0.15) is 5.57 Å². The fourth-order valence-electron chi connectivity index (χ4n) is 0.999. The molecule has 0 N–H and O–H groups in total. The van der Waals surface area contributed by atoms with Crippen LogP contribution in [-0.4, -0.2) is 45.0 Å². The molecule has 0 aliphatic rings. The van der Waals surface area contributed by atoms with E-state index in [-0.39, 0.29) is 17.9 Å². The lowest BCUT2D eigenvalue weighted by molar-refractivity contribution is -0.138. The second-order valence-corrected chi connectivity index (χ2v) is 3.50. The highest BCUT2D eigenvalue weighted by Gasteiger charge is 2.15. The minimum Gasteiger partial charge on any atom is -0.492 e. The van der Waals surface area contributed by atoms with E-state index >= 15 is 0 Å². The number of hydrogen-bond donors (Lipinski definition) is 0. The summed E-state index contributed by atoms with van der Waals surface area (Å²) < 4.78 is 9.73. The van der Waals surface area contributed by atoms with Crippen molar-refractivity contribution in [2.75, 3.05) is 27.8 Å². The predicted molar refractivity (Wildman–Crippen MR) is 64.2 cm³/mol. The summed E-state index contributed by atoms with van der Waals surface area (Å²) in [4.78, 5) is 24.3. The molecule has 0 fully saturated rings. The van der Waals surface area contributed by atoms with E-state index in [1.807, 2.05) is 25.9 Å². The largest absolute Gasteiger partial charge is 0.492 e. The van der Waals surface area contributed by atoms with Gasteiger partial charge in [-0.1, -0.05) is 0 Å². The van der Waals surface area contributed by atoms with Crippen LogP contribution in [-0.2, 0) is 19.1 Å². The first-order valence-corrected chi connectivity index (χ1v) is 5.24. The SMILES string of the molecule is CCOC(=O)C(/C=C(/C)N(C)C)=C(/C=O)OC. The van der Waals surface area contributed by atoms with Crippen LogP contribution in [0.25, 0.3) is 0 Å². The molecule has 0 aliphatic carbocycles. The van der Waals surface area contributed by atoms with Crippen LogP contribution in [0.4, 0.5) is 0 Å². The van der Waals surface area contributed by atoms with Crippen molar-refractivity contribution >= 4 is 12.3 Å². The number of aldehydes is 1. The van der Waals surface area contributed by atoms with Crippen molar-refractivity contribution in [2.24, 2.45) is 0 Å². The van der Waals surface area contributed by atoms with Gasteiger partial charge in [-0.05, 0) is 19.9 Å². The molecule has 0 atom stereocenters. The van der Waals surface area contributed by atoms with E-state index in [4.69, 9.17) is 9.47 Å². The van der Waals surface area contributed by atoms with Gasteiger partial charge in [-0.25, -0.2) is 4.79 Å². The summed E-state index contributed by atoms with van der Waals surface area (Å²) in [6, 6.07) is 0. The Hall–Kier alpha value is -1.78. The van der Waals surface area contributed by atoms with E-state index in [1.54, 1.807) is 13.0 Å². The van der Waals surface area contributed by atoms with Crippen molar-refractivity contribution in [3.8, 4) is 0 Å². The third kappa shape index (κ3) is 4.72. The molecule has 5 nitrogen and oxygen atoms in total. The fourth-order valence-corrected chi connectivity index (χ4v) is 0.999. The number of rotatable bonds is 6. The Morgan fingerprint density at radius 1 is 1.35 bits per heavy atom. The first kappa shape index (κ1) is 15.2. The first-order chi connectivity index (χ1) is 7.97. The van der Waals surface area contributed by atoms with E-state index in [0.29, 0.717) is 6.29 Å². The Labute approximate surface area is 102 Å². The molecular formula is C12H19NO4. The number of allylic oxidation sites excluding steroid dienone is 2. The monoisotopic (exact) mass is 241 g/mol. The van der Waals surface area contributed by atoms with Crippen molar-refractivity contribution in [3.63, 3.8) is 0 Å². The van der Waals surface area contributed by atoms with Crippen molar-refractivity contribution in [1.82, 2.24) is 4.90 Å². The summed E-state index contributed by atoms with van der Waals surface area (Å²) in [7, 11) is 5.01. The van der Waals surface area contributed by atoms with E-state index in [9.17, 15) is 9.59 Å². The summed E-state index contributed by atoms with van der Waals surface area (Å²) >= 11 is 0. The molecule has 17 heavy (non-hydrogen) atoms. The molecule has 5 heteroatoms. The molecular weight excluding hydrogens is 222 g/mol. The number of ether oxygens (including phenoxy) is 2. The number of nitrogens with zero attached hydrogens (tertiary/aromatic N) is 1. The Bertz CT molecular complexity index is 342. The van der Waals surface area contributed by atoms with Gasteiger partial charge in [-0.15, -0.1) is 0 Å². The third-order valence-electron chi connectivity index (χ3n) is 2.15. The van der Waals surface area contributed by atoms with Gasteiger partial charge in [0.25, 0.3) is 0 Å². The molecule has 0 saturated carbocycles. The Morgan fingerprint density at radius 2 is 1.94 bits per heavy atom. The summed E-state index contributed by atoms with van der Waals surface area (Å²) in [5.74, 6) is -0.609. The van der Waals surface area contributed by atoms with Crippen LogP contribution in [0.1, 0.15) is 13.8 Å². The molecule has 0 aliphatic heterocycles. The van der Waals surface area contributed by atoms with Gasteiger partial charge in [0.15, 0.2) is 12.0 Å².